The summed E-state index contributed by atoms with van der Waals surface area (Å²) in [4.78, 5) is 30.9. The number of carbonyl (C=O) groups excluding carboxylic acids is 1. The Labute approximate surface area is 111 Å². The highest BCUT2D eigenvalue weighted by molar-refractivity contribution is 5.74. The summed E-state index contributed by atoms with van der Waals surface area (Å²) in [5, 5.41) is 11.4. The molecule has 1 aromatic rings. The van der Waals surface area contributed by atoms with Gasteiger partial charge in [0, 0.05) is 25.7 Å². The smallest absolute Gasteiger partial charge is 0.317 e. The zero-order chi connectivity index (χ0) is 13.7. The third kappa shape index (κ3) is 3.97. The van der Waals surface area contributed by atoms with Gasteiger partial charge in [-0.1, -0.05) is 0 Å². The number of nitrogens with one attached hydrogen (secondary N) is 2. The number of carboxylic acid groups (broad SMARTS) is 1. The number of nitrogens with zero attached hydrogens (tertiary/aromatic N) is 2. The molecule has 2 heterocycles. The lowest BCUT2D eigenvalue weighted by molar-refractivity contribution is -0.137. The first-order valence-electron chi connectivity index (χ1n) is 6.37. The molecule has 104 valence electrons. The van der Waals surface area contributed by atoms with Crippen molar-refractivity contribution in [2.24, 2.45) is 5.92 Å². The van der Waals surface area contributed by atoms with Crippen molar-refractivity contribution in [2.45, 2.75) is 25.8 Å². The minimum atomic E-state index is -0.776. The molecular formula is C12H18N4O3. The number of aromatic amines is 1. The van der Waals surface area contributed by atoms with Crippen LogP contribution in [0.15, 0.2) is 12.5 Å². The van der Waals surface area contributed by atoms with E-state index in [4.69, 9.17) is 5.11 Å². The summed E-state index contributed by atoms with van der Waals surface area (Å²) < 4.78 is 0. The number of urea groups is 1. The minimum absolute atomic E-state index is 0.104. The Balaban J connectivity index is 1.71. The van der Waals surface area contributed by atoms with Crippen LogP contribution in [0.3, 0.4) is 0 Å². The highest BCUT2D eigenvalue weighted by Crippen LogP contribution is 2.20. The summed E-state index contributed by atoms with van der Waals surface area (Å²) in [7, 11) is 0. The van der Waals surface area contributed by atoms with Gasteiger partial charge in [0.15, 0.2) is 0 Å². The summed E-state index contributed by atoms with van der Waals surface area (Å²) in [6.45, 7) is 1.76. The molecular weight excluding hydrogens is 248 g/mol. The first-order valence-corrected chi connectivity index (χ1v) is 6.37. The Hall–Kier alpha value is -2.05. The number of likely N-dealkylation sites (tertiary alicyclic amines) is 1. The van der Waals surface area contributed by atoms with Crippen LogP contribution < -0.4 is 5.32 Å². The van der Waals surface area contributed by atoms with Crippen LogP contribution in [0.25, 0.3) is 0 Å². The number of aromatic nitrogens is 2. The molecule has 1 atom stereocenters. The van der Waals surface area contributed by atoms with E-state index in [9.17, 15) is 9.59 Å². The molecule has 0 radical (unpaired) electrons. The predicted octanol–water partition coefficient (Wildman–Crippen LogP) is 0.806. The fourth-order valence-electron chi connectivity index (χ4n) is 2.24. The molecule has 1 aliphatic heterocycles. The second kappa shape index (κ2) is 6.21. The number of H-pyrrole nitrogens is 1. The van der Waals surface area contributed by atoms with Crippen molar-refractivity contribution in [3.05, 3.63) is 18.2 Å². The van der Waals surface area contributed by atoms with Gasteiger partial charge < -0.3 is 20.3 Å². The lowest BCUT2D eigenvalue weighted by Crippen LogP contribution is -2.38. The zero-order valence-corrected chi connectivity index (χ0v) is 10.6. The highest BCUT2D eigenvalue weighted by atomic mass is 16.4. The molecule has 1 aromatic heterocycles. The maximum absolute atomic E-state index is 11.9. The number of hydrogen-bond acceptors (Lipinski definition) is 3. The van der Waals surface area contributed by atoms with E-state index in [0.717, 1.165) is 12.1 Å². The molecule has 0 aliphatic carbocycles. The normalized spacial score (nSPS) is 18.5. The molecule has 1 unspecified atom stereocenters. The van der Waals surface area contributed by atoms with Crippen LogP contribution in [0.1, 0.15) is 25.0 Å². The Kier molecular flexibility index (Phi) is 4.38. The van der Waals surface area contributed by atoms with Gasteiger partial charge in [-0.05, 0) is 18.8 Å². The summed E-state index contributed by atoms with van der Waals surface area (Å²) in [6, 6.07) is -0.104. The molecule has 0 saturated carbocycles. The van der Waals surface area contributed by atoms with Crippen molar-refractivity contribution in [2.75, 3.05) is 13.1 Å². The number of hydrogen-bond donors (Lipinski definition) is 3. The number of imidazole rings is 1. The Morgan fingerprint density at radius 1 is 1.58 bits per heavy atom. The number of rotatable bonds is 5. The standard InChI is InChI=1S/C12H18N4O3/c17-11(18)2-1-9-3-4-16(7-9)12(19)14-6-10-5-13-8-15-10/h5,8-9H,1-4,6-7H2,(H,13,15)(H,14,19)(H,17,18). The van der Waals surface area contributed by atoms with Gasteiger partial charge in [-0.15, -0.1) is 0 Å². The summed E-state index contributed by atoms with van der Waals surface area (Å²) in [5.41, 5.74) is 0.856. The molecule has 0 aromatic carbocycles. The zero-order valence-electron chi connectivity index (χ0n) is 10.6. The van der Waals surface area contributed by atoms with Crippen LogP contribution in [0.2, 0.25) is 0 Å². The van der Waals surface area contributed by atoms with E-state index in [1.54, 1.807) is 17.4 Å². The van der Waals surface area contributed by atoms with Gasteiger partial charge in [-0.3, -0.25) is 4.79 Å². The summed E-state index contributed by atoms with van der Waals surface area (Å²) >= 11 is 0. The van der Waals surface area contributed by atoms with Gasteiger partial charge in [-0.2, -0.15) is 0 Å². The van der Waals surface area contributed by atoms with Crippen molar-refractivity contribution < 1.29 is 14.7 Å². The fraction of sp³-hybridized carbons (Fsp3) is 0.583. The molecule has 3 N–H and O–H groups in total. The van der Waals surface area contributed by atoms with E-state index < -0.39 is 5.97 Å². The minimum Gasteiger partial charge on any atom is -0.481 e. The van der Waals surface area contributed by atoms with Crippen LogP contribution in [-0.4, -0.2) is 45.1 Å². The average Bonchev–Trinajstić information content (AvgIpc) is 3.04. The molecule has 0 bridgehead atoms. The van der Waals surface area contributed by atoms with E-state index in [0.29, 0.717) is 32.0 Å². The maximum atomic E-state index is 11.9. The van der Waals surface area contributed by atoms with E-state index in [-0.39, 0.29) is 12.5 Å². The summed E-state index contributed by atoms with van der Waals surface area (Å²) in [6.07, 6.45) is 4.93. The van der Waals surface area contributed by atoms with Crippen molar-refractivity contribution in [3.8, 4) is 0 Å². The van der Waals surface area contributed by atoms with Gasteiger partial charge in [0.25, 0.3) is 0 Å². The van der Waals surface area contributed by atoms with Crippen LogP contribution in [-0.2, 0) is 11.3 Å². The largest absolute Gasteiger partial charge is 0.481 e. The first-order chi connectivity index (χ1) is 9.15. The third-order valence-corrected chi connectivity index (χ3v) is 3.32. The Bertz CT molecular complexity index is 432. The van der Waals surface area contributed by atoms with E-state index in [2.05, 4.69) is 15.3 Å². The molecule has 1 saturated heterocycles. The maximum Gasteiger partial charge on any atom is 0.317 e. The number of carboxylic acids is 1. The average molecular weight is 266 g/mol. The van der Waals surface area contributed by atoms with E-state index in [1.165, 1.54) is 0 Å². The monoisotopic (exact) mass is 266 g/mol. The SMILES string of the molecule is O=C(O)CCC1CCN(C(=O)NCc2cnc[nH]2)C1. The van der Waals surface area contributed by atoms with Gasteiger partial charge in [0.2, 0.25) is 0 Å². The third-order valence-electron chi connectivity index (χ3n) is 3.32. The van der Waals surface area contributed by atoms with Crippen molar-refractivity contribution in [1.29, 1.82) is 0 Å². The fourth-order valence-corrected chi connectivity index (χ4v) is 2.24. The lowest BCUT2D eigenvalue weighted by atomic mass is 10.0. The quantitative estimate of drug-likeness (QED) is 0.734. The second-order valence-corrected chi connectivity index (χ2v) is 4.77. The Morgan fingerprint density at radius 2 is 2.42 bits per heavy atom. The topological polar surface area (TPSA) is 98.3 Å². The van der Waals surface area contributed by atoms with Crippen LogP contribution in [0.5, 0.6) is 0 Å². The van der Waals surface area contributed by atoms with Crippen molar-refractivity contribution in [1.82, 2.24) is 20.2 Å². The predicted molar refractivity (Wildman–Crippen MR) is 67.4 cm³/mol. The molecule has 0 spiro atoms. The van der Waals surface area contributed by atoms with E-state index >= 15 is 0 Å². The van der Waals surface area contributed by atoms with Gasteiger partial charge in [0.1, 0.15) is 0 Å². The molecule has 19 heavy (non-hydrogen) atoms. The van der Waals surface area contributed by atoms with Crippen LogP contribution >= 0.6 is 0 Å². The number of aliphatic carboxylic acids is 1. The number of amides is 2. The molecule has 1 fully saturated rings. The Morgan fingerprint density at radius 3 is 3.11 bits per heavy atom. The second-order valence-electron chi connectivity index (χ2n) is 4.77. The molecule has 2 rings (SSSR count). The van der Waals surface area contributed by atoms with Gasteiger partial charge in [-0.25, -0.2) is 9.78 Å². The van der Waals surface area contributed by atoms with Gasteiger partial charge in [0.05, 0.1) is 18.6 Å². The van der Waals surface area contributed by atoms with E-state index in [1.807, 2.05) is 0 Å². The molecule has 7 heteroatoms. The van der Waals surface area contributed by atoms with Crippen LogP contribution in [0.4, 0.5) is 4.79 Å². The molecule has 1 aliphatic rings. The van der Waals surface area contributed by atoms with Crippen LogP contribution in [0, 0.1) is 5.92 Å². The van der Waals surface area contributed by atoms with Gasteiger partial charge >= 0.3 is 12.0 Å². The number of carbonyl (C=O) groups is 2. The molecule has 7 nitrogen and oxygen atoms in total. The van der Waals surface area contributed by atoms with Crippen molar-refractivity contribution in [3.63, 3.8) is 0 Å². The summed E-state index contributed by atoms with van der Waals surface area (Å²) in [5.74, 6) is -0.476. The van der Waals surface area contributed by atoms with Crippen molar-refractivity contribution >= 4 is 12.0 Å². The lowest BCUT2D eigenvalue weighted by Gasteiger charge is -2.17. The highest BCUT2D eigenvalue weighted by Gasteiger charge is 2.26. The first kappa shape index (κ1) is 13.4. The molecule has 2 amide bonds.